The lowest BCUT2D eigenvalue weighted by Gasteiger charge is -2.08. The molecule has 1 heterocycles. The standard InChI is InChI=1S/C20H23N3O3/c1-2-3-4-5-12-26-16-9-6-14(7-10-16)19(24)21-15-8-11-17-18(13-15)23-20(25)22-17/h6-11,13H,2-5,12H2,1H3,(H,21,24)(H2,22,23,25). The first kappa shape index (κ1) is 17.8. The van der Waals surface area contributed by atoms with Crippen molar-refractivity contribution in [1.82, 2.24) is 9.97 Å². The van der Waals surface area contributed by atoms with Gasteiger partial charge in [-0.3, -0.25) is 4.79 Å². The van der Waals surface area contributed by atoms with Crippen molar-refractivity contribution in [2.45, 2.75) is 32.6 Å². The van der Waals surface area contributed by atoms with Crippen LogP contribution in [0.5, 0.6) is 5.75 Å². The number of H-pyrrole nitrogens is 2. The van der Waals surface area contributed by atoms with E-state index in [9.17, 15) is 9.59 Å². The number of nitrogens with one attached hydrogen (secondary N) is 3. The monoisotopic (exact) mass is 353 g/mol. The van der Waals surface area contributed by atoms with E-state index < -0.39 is 0 Å². The summed E-state index contributed by atoms with van der Waals surface area (Å²) in [6, 6.07) is 12.3. The third-order valence-electron chi connectivity index (χ3n) is 4.16. The van der Waals surface area contributed by atoms with Crippen molar-refractivity contribution >= 4 is 22.6 Å². The number of carbonyl (C=O) groups is 1. The Morgan fingerprint density at radius 2 is 1.77 bits per heavy atom. The molecular formula is C20H23N3O3. The molecule has 3 N–H and O–H groups in total. The SMILES string of the molecule is CCCCCCOc1ccc(C(=O)Nc2ccc3[nH]c(=O)[nH]c3c2)cc1. The van der Waals surface area contributed by atoms with Crippen LogP contribution in [0.1, 0.15) is 43.0 Å². The zero-order valence-electron chi connectivity index (χ0n) is 14.8. The molecule has 0 atom stereocenters. The Morgan fingerprint density at radius 3 is 2.54 bits per heavy atom. The van der Waals surface area contributed by atoms with Crippen LogP contribution in [0, 0.1) is 0 Å². The highest BCUT2D eigenvalue weighted by atomic mass is 16.5. The molecule has 136 valence electrons. The summed E-state index contributed by atoms with van der Waals surface area (Å²) in [5.74, 6) is 0.557. The quantitative estimate of drug-likeness (QED) is 0.534. The van der Waals surface area contributed by atoms with E-state index in [1.165, 1.54) is 19.3 Å². The van der Waals surface area contributed by atoms with E-state index in [2.05, 4.69) is 22.2 Å². The fraction of sp³-hybridized carbons (Fsp3) is 0.300. The summed E-state index contributed by atoms with van der Waals surface area (Å²) in [4.78, 5) is 29.0. The van der Waals surface area contributed by atoms with Crippen LogP contribution in [0.15, 0.2) is 47.3 Å². The Labute approximate surface area is 151 Å². The number of aromatic nitrogens is 2. The normalized spacial score (nSPS) is 10.8. The number of anilines is 1. The van der Waals surface area contributed by atoms with E-state index in [-0.39, 0.29) is 11.6 Å². The first-order valence-electron chi connectivity index (χ1n) is 8.92. The molecule has 0 saturated heterocycles. The van der Waals surface area contributed by atoms with Gasteiger partial charge in [0, 0.05) is 11.3 Å². The van der Waals surface area contributed by atoms with E-state index in [1.54, 1.807) is 30.3 Å². The second-order valence-electron chi connectivity index (χ2n) is 6.23. The molecule has 0 saturated carbocycles. The molecule has 1 amide bonds. The van der Waals surface area contributed by atoms with Crippen molar-refractivity contribution < 1.29 is 9.53 Å². The van der Waals surface area contributed by atoms with Crippen molar-refractivity contribution in [3.63, 3.8) is 0 Å². The molecule has 0 aliphatic heterocycles. The Balaban J connectivity index is 1.57. The van der Waals surface area contributed by atoms with Crippen LogP contribution >= 0.6 is 0 Å². The minimum atomic E-state index is -0.270. The van der Waals surface area contributed by atoms with Gasteiger partial charge in [0.15, 0.2) is 0 Å². The lowest BCUT2D eigenvalue weighted by Crippen LogP contribution is -2.11. The molecule has 0 bridgehead atoms. The fourth-order valence-electron chi connectivity index (χ4n) is 2.73. The highest BCUT2D eigenvalue weighted by Gasteiger charge is 2.08. The van der Waals surface area contributed by atoms with Gasteiger partial charge < -0.3 is 20.0 Å². The average molecular weight is 353 g/mol. The number of benzene rings is 2. The summed E-state index contributed by atoms with van der Waals surface area (Å²) in [5, 5.41) is 2.83. The molecule has 0 unspecified atom stereocenters. The van der Waals surface area contributed by atoms with E-state index in [0.29, 0.717) is 28.9 Å². The molecule has 0 aliphatic carbocycles. The molecule has 3 rings (SSSR count). The molecule has 3 aromatic rings. The van der Waals surface area contributed by atoms with Gasteiger partial charge in [-0.1, -0.05) is 26.2 Å². The Bertz CT molecular complexity index is 925. The van der Waals surface area contributed by atoms with Crippen LogP contribution in [-0.4, -0.2) is 22.5 Å². The first-order valence-corrected chi connectivity index (χ1v) is 8.92. The summed E-state index contributed by atoms with van der Waals surface area (Å²) in [6.45, 7) is 2.88. The van der Waals surface area contributed by atoms with E-state index >= 15 is 0 Å². The van der Waals surface area contributed by atoms with Crippen LogP contribution in [0.2, 0.25) is 0 Å². The van der Waals surface area contributed by atoms with Crippen LogP contribution in [0.3, 0.4) is 0 Å². The van der Waals surface area contributed by atoms with Crippen LogP contribution in [0.25, 0.3) is 11.0 Å². The number of carbonyl (C=O) groups excluding carboxylic acids is 1. The summed E-state index contributed by atoms with van der Waals surface area (Å²) in [6.07, 6.45) is 4.65. The Morgan fingerprint density at radius 1 is 1.00 bits per heavy atom. The molecule has 6 heteroatoms. The Kier molecular flexibility index (Phi) is 5.73. The molecule has 0 fully saturated rings. The molecule has 0 spiro atoms. The minimum Gasteiger partial charge on any atom is -0.494 e. The number of imidazole rings is 1. The number of rotatable bonds is 8. The minimum absolute atomic E-state index is 0.211. The van der Waals surface area contributed by atoms with Gasteiger partial charge in [-0.25, -0.2) is 4.79 Å². The van der Waals surface area contributed by atoms with Crippen molar-refractivity contribution in [1.29, 1.82) is 0 Å². The van der Waals surface area contributed by atoms with Gasteiger partial charge >= 0.3 is 5.69 Å². The number of hydrogen-bond acceptors (Lipinski definition) is 3. The van der Waals surface area contributed by atoms with Crippen molar-refractivity contribution in [3.8, 4) is 5.75 Å². The zero-order valence-corrected chi connectivity index (χ0v) is 14.8. The number of ether oxygens (including phenoxy) is 1. The first-order chi connectivity index (χ1) is 12.7. The van der Waals surface area contributed by atoms with Crippen LogP contribution < -0.4 is 15.7 Å². The van der Waals surface area contributed by atoms with Gasteiger partial charge in [-0.15, -0.1) is 0 Å². The second-order valence-corrected chi connectivity index (χ2v) is 6.23. The highest BCUT2D eigenvalue weighted by Crippen LogP contribution is 2.17. The van der Waals surface area contributed by atoms with E-state index in [1.807, 2.05) is 12.1 Å². The number of hydrogen-bond donors (Lipinski definition) is 3. The van der Waals surface area contributed by atoms with Crippen molar-refractivity contribution in [2.75, 3.05) is 11.9 Å². The van der Waals surface area contributed by atoms with Gasteiger partial charge in [-0.05, 0) is 48.9 Å². The zero-order chi connectivity index (χ0) is 18.4. The molecule has 6 nitrogen and oxygen atoms in total. The smallest absolute Gasteiger partial charge is 0.323 e. The molecule has 0 aliphatic rings. The fourth-order valence-corrected chi connectivity index (χ4v) is 2.73. The second kappa shape index (κ2) is 8.38. The van der Waals surface area contributed by atoms with Crippen LogP contribution in [-0.2, 0) is 0 Å². The largest absolute Gasteiger partial charge is 0.494 e. The molecule has 0 radical (unpaired) electrons. The van der Waals surface area contributed by atoms with Gasteiger partial charge in [0.2, 0.25) is 0 Å². The summed E-state index contributed by atoms with van der Waals surface area (Å²) in [7, 11) is 0. The van der Waals surface area contributed by atoms with Gasteiger partial charge in [0.05, 0.1) is 17.6 Å². The Hall–Kier alpha value is -3.02. The highest BCUT2D eigenvalue weighted by molar-refractivity contribution is 6.05. The van der Waals surface area contributed by atoms with E-state index in [0.717, 1.165) is 12.2 Å². The topological polar surface area (TPSA) is 87.0 Å². The number of aromatic amines is 2. The predicted octanol–water partition coefficient (Wildman–Crippen LogP) is 4.07. The maximum atomic E-state index is 12.4. The van der Waals surface area contributed by atoms with Gasteiger partial charge in [-0.2, -0.15) is 0 Å². The van der Waals surface area contributed by atoms with Gasteiger partial charge in [0.25, 0.3) is 5.91 Å². The lowest BCUT2D eigenvalue weighted by molar-refractivity contribution is 0.102. The molecule has 26 heavy (non-hydrogen) atoms. The van der Waals surface area contributed by atoms with Crippen LogP contribution in [0.4, 0.5) is 5.69 Å². The van der Waals surface area contributed by atoms with Crippen molar-refractivity contribution in [2.24, 2.45) is 0 Å². The third-order valence-corrected chi connectivity index (χ3v) is 4.16. The summed E-state index contributed by atoms with van der Waals surface area (Å²) < 4.78 is 5.69. The number of amides is 1. The molecular weight excluding hydrogens is 330 g/mol. The maximum Gasteiger partial charge on any atom is 0.323 e. The lowest BCUT2D eigenvalue weighted by atomic mass is 10.2. The summed E-state index contributed by atoms with van der Waals surface area (Å²) >= 11 is 0. The average Bonchev–Trinajstić information content (AvgIpc) is 3.01. The number of fused-ring (bicyclic) bond motifs is 1. The molecule has 1 aromatic heterocycles. The number of unbranched alkanes of at least 4 members (excludes halogenated alkanes) is 3. The predicted molar refractivity (Wildman–Crippen MR) is 103 cm³/mol. The van der Waals surface area contributed by atoms with Gasteiger partial charge in [0.1, 0.15) is 5.75 Å². The third kappa shape index (κ3) is 4.53. The van der Waals surface area contributed by atoms with E-state index in [4.69, 9.17) is 4.74 Å². The molecule has 2 aromatic carbocycles. The van der Waals surface area contributed by atoms with Crippen molar-refractivity contribution in [3.05, 3.63) is 58.5 Å². The summed E-state index contributed by atoms with van der Waals surface area (Å²) in [5.41, 5.74) is 2.25. The maximum absolute atomic E-state index is 12.4.